The number of anilines is 1. The Labute approximate surface area is 189 Å². The van der Waals surface area contributed by atoms with Gasteiger partial charge in [-0.25, -0.2) is 23.9 Å². The minimum atomic E-state index is -4.04. The van der Waals surface area contributed by atoms with Crippen LogP contribution >= 0.6 is 7.82 Å². The lowest BCUT2D eigenvalue weighted by Gasteiger charge is -2.30. The topological polar surface area (TPSA) is 150 Å². The first-order chi connectivity index (χ1) is 15.6. The quantitative estimate of drug-likeness (QED) is 0.453. The molecule has 0 bridgehead atoms. The highest BCUT2D eigenvalue weighted by molar-refractivity contribution is 7.48. The number of nitrogens with zero attached hydrogens (tertiary/aromatic N) is 4. The molecule has 14 heteroatoms. The van der Waals surface area contributed by atoms with Crippen molar-refractivity contribution in [2.24, 2.45) is 5.92 Å². The van der Waals surface area contributed by atoms with Crippen LogP contribution in [0.25, 0.3) is 11.2 Å². The van der Waals surface area contributed by atoms with E-state index in [2.05, 4.69) is 15.0 Å². The molecule has 12 nitrogen and oxygen atoms in total. The Morgan fingerprint density at radius 3 is 2.88 bits per heavy atom. The Hall–Kier alpha value is -2.18. The summed E-state index contributed by atoms with van der Waals surface area (Å²) in [5.41, 5.74) is 6.51. The number of phosphoric ester groups is 1. The fourth-order valence-corrected chi connectivity index (χ4v) is 5.04. The molecule has 33 heavy (non-hydrogen) atoms. The van der Waals surface area contributed by atoms with E-state index in [4.69, 9.17) is 28.8 Å². The molecular weight excluding hydrogens is 460 g/mol. The second kappa shape index (κ2) is 9.22. The average molecular weight is 487 g/mol. The maximum Gasteiger partial charge on any atom is 0.475 e. The first-order valence-corrected chi connectivity index (χ1v) is 12.1. The van der Waals surface area contributed by atoms with Gasteiger partial charge in [-0.05, 0) is 27.2 Å². The summed E-state index contributed by atoms with van der Waals surface area (Å²) in [5, 5.41) is 0. The molecule has 0 spiro atoms. The number of carbonyl (C=O) groups excluding carboxylic acids is 1. The van der Waals surface area contributed by atoms with Crippen molar-refractivity contribution in [1.29, 1.82) is 0 Å². The molecule has 0 radical (unpaired) electrons. The molecule has 0 aromatic carbocycles. The number of aryl methyl sites for hydroxylation is 1. The summed E-state index contributed by atoms with van der Waals surface area (Å²) in [5.74, 6) is -0.291. The molecule has 2 aliphatic rings. The average Bonchev–Trinajstić information content (AvgIpc) is 3.28. The zero-order valence-electron chi connectivity index (χ0n) is 18.7. The number of halogens is 1. The van der Waals surface area contributed by atoms with Crippen LogP contribution in [0.2, 0.25) is 0 Å². The molecular formula is C19H27FN5O7P. The Balaban J connectivity index is 1.41. The number of carbonyl (C=O) groups is 1. The van der Waals surface area contributed by atoms with Crippen molar-refractivity contribution < 1.29 is 36.8 Å². The number of imidazole rings is 1. The van der Waals surface area contributed by atoms with Crippen molar-refractivity contribution >= 4 is 30.8 Å². The van der Waals surface area contributed by atoms with Gasteiger partial charge in [-0.1, -0.05) is 6.92 Å². The third-order valence-electron chi connectivity index (χ3n) is 5.30. The van der Waals surface area contributed by atoms with Gasteiger partial charge >= 0.3 is 13.8 Å². The summed E-state index contributed by atoms with van der Waals surface area (Å²) in [7, 11) is -4.04. The van der Waals surface area contributed by atoms with Crippen LogP contribution in [0.3, 0.4) is 0 Å². The third-order valence-corrected chi connectivity index (χ3v) is 6.77. The molecule has 2 aliphatic heterocycles. The second-order valence-corrected chi connectivity index (χ2v) is 9.93. The van der Waals surface area contributed by atoms with Gasteiger partial charge in [0.25, 0.3) is 0 Å². The van der Waals surface area contributed by atoms with Gasteiger partial charge in [0.1, 0.15) is 23.5 Å². The van der Waals surface area contributed by atoms with E-state index in [1.54, 1.807) is 27.7 Å². The fourth-order valence-electron chi connectivity index (χ4n) is 3.64. The van der Waals surface area contributed by atoms with Gasteiger partial charge in [0.15, 0.2) is 23.9 Å². The van der Waals surface area contributed by atoms with Gasteiger partial charge in [0.2, 0.25) is 0 Å². The van der Waals surface area contributed by atoms with Crippen LogP contribution in [0.1, 0.15) is 39.2 Å². The van der Waals surface area contributed by atoms with E-state index in [0.29, 0.717) is 17.0 Å². The molecule has 0 aliphatic carbocycles. The summed E-state index contributed by atoms with van der Waals surface area (Å²) in [6.07, 6.45) is -3.49. The van der Waals surface area contributed by atoms with Crippen LogP contribution < -0.4 is 5.73 Å². The molecule has 0 unspecified atom stereocenters. The van der Waals surface area contributed by atoms with E-state index in [1.807, 2.05) is 0 Å². The maximum absolute atomic E-state index is 15.4. The first kappa shape index (κ1) is 24.0. The highest BCUT2D eigenvalue weighted by atomic mass is 31.2. The van der Waals surface area contributed by atoms with E-state index >= 15 is 4.39 Å². The van der Waals surface area contributed by atoms with E-state index in [9.17, 15) is 9.36 Å². The molecule has 2 aromatic heterocycles. The van der Waals surface area contributed by atoms with Gasteiger partial charge < -0.3 is 15.2 Å². The number of rotatable bonds is 7. The van der Waals surface area contributed by atoms with Gasteiger partial charge in [0, 0.05) is 0 Å². The molecule has 4 rings (SSSR count). The van der Waals surface area contributed by atoms with Crippen molar-refractivity contribution in [2.75, 3.05) is 18.9 Å². The standard InChI is InChI=1S/C19H27FN5O7P/c1-9(2)30-19(26)10(3)5-6-28-33(27)29-7-12-15(32-33)13(20)18(31-12)25-8-22-14-16(21)23-11(4)24-17(14)25/h8-10,12-13,15,18H,5-7H2,1-4H3,(H2,21,23,24)/t10-,12+,13-,15+,18+,33+/m0/s1. The Kier molecular flexibility index (Phi) is 6.70. The molecule has 2 saturated heterocycles. The van der Waals surface area contributed by atoms with Crippen LogP contribution in [0, 0.1) is 12.8 Å². The van der Waals surface area contributed by atoms with Crippen LogP contribution in [-0.4, -0.2) is 63.2 Å². The number of aromatic nitrogens is 4. The van der Waals surface area contributed by atoms with Crippen LogP contribution in [0.5, 0.6) is 0 Å². The van der Waals surface area contributed by atoms with Gasteiger partial charge in [-0.15, -0.1) is 0 Å². The van der Waals surface area contributed by atoms with Crippen molar-refractivity contribution in [3.8, 4) is 0 Å². The molecule has 4 heterocycles. The first-order valence-electron chi connectivity index (χ1n) is 10.6. The predicted molar refractivity (Wildman–Crippen MR) is 113 cm³/mol. The van der Waals surface area contributed by atoms with Crippen LogP contribution in [-0.2, 0) is 32.4 Å². The Morgan fingerprint density at radius 2 is 2.15 bits per heavy atom. The lowest BCUT2D eigenvalue weighted by Crippen LogP contribution is -2.38. The summed E-state index contributed by atoms with van der Waals surface area (Å²) >= 11 is 0. The van der Waals surface area contributed by atoms with E-state index < -0.39 is 38.3 Å². The monoisotopic (exact) mass is 487 g/mol. The number of esters is 1. The summed E-state index contributed by atoms with van der Waals surface area (Å²) in [6, 6.07) is 0. The van der Waals surface area contributed by atoms with E-state index in [-0.39, 0.29) is 37.5 Å². The molecule has 2 N–H and O–H groups in total. The van der Waals surface area contributed by atoms with Gasteiger partial charge in [-0.2, -0.15) is 0 Å². The van der Waals surface area contributed by atoms with Crippen LogP contribution in [0.15, 0.2) is 6.33 Å². The summed E-state index contributed by atoms with van der Waals surface area (Å²) in [6.45, 7) is 6.55. The van der Waals surface area contributed by atoms with Gasteiger partial charge in [0.05, 0.1) is 31.6 Å². The van der Waals surface area contributed by atoms with Crippen molar-refractivity contribution in [2.45, 2.75) is 64.8 Å². The zero-order chi connectivity index (χ0) is 23.9. The molecule has 6 atom stereocenters. The zero-order valence-corrected chi connectivity index (χ0v) is 19.6. The van der Waals surface area contributed by atoms with E-state index in [1.165, 1.54) is 10.9 Å². The van der Waals surface area contributed by atoms with Crippen molar-refractivity contribution in [1.82, 2.24) is 19.5 Å². The summed E-state index contributed by atoms with van der Waals surface area (Å²) in [4.78, 5) is 24.4. The minimum Gasteiger partial charge on any atom is -0.463 e. The van der Waals surface area contributed by atoms with Gasteiger partial charge in [-0.3, -0.25) is 22.9 Å². The summed E-state index contributed by atoms with van der Waals surface area (Å²) < 4.78 is 56.5. The number of nitrogens with two attached hydrogens (primary N) is 1. The minimum absolute atomic E-state index is 0.0914. The highest BCUT2D eigenvalue weighted by Crippen LogP contribution is 2.57. The SMILES string of the molecule is Cc1nc(N)c2ncn([C@@H]3O[C@@H]4CO[P@@](=O)(OCC[C@H](C)C(=O)OC(C)C)O[C@H]4[C@@H]3F)c2n1. The number of hydrogen-bond donors (Lipinski definition) is 1. The molecule has 182 valence electrons. The van der Waals surface area contributed by atoms with Crippen molar-refractivity contribution in [3.05, 3.63) is 12.2 Å². The number of hydrogen-bond acceptors (Lipinski definition) is 11. The number of alkyl halides is 1. The normalized spacial score (nSPS) is 30.5. The Bertz CT molecular complexity index is 1080. The lowest BCUT2D eigenvalue weighted by molar-refractivity contribution is -0.152. The number of ether oxygens (including phenoxy) is 2. The van der Waals surface area contributed by atoms with Crippen molar-refractivity contribution in [3.63, 3.8) is 0 Å². The highest BCUT2D eigenvalue weighted by Gasteiger charge is 2.54. The smallest absolute Gasteiger partial charge is 0.463 e. The molecule has 0 saturated carbocycles. The second-order valence-electron chi connectivity index (χ2n) is 8.31. The largest absolute Gasteiger partial charge is 0.475 e. The number of fused-ring (bicyclic) bond motifs is 2. The Morgan fingerprint density at radius 1 is 1.39 bits per heavy atom. The molecule has 2 fully saturated rings. The predicted octanol–water partition coefficient (Wildman–Crippen LogP) is 2.47. The number of nitrogen functional groups attached to an aromatic ring is 1. The third kappa shape index (κ3) is 4.87. The lowest BCUT2D eigenvalue weighted by atomic mass is 10.1. The van der Waals surface area contributed by atoms with Crippen LogP contribution in [0.4, 0.5) is 10.2 Å². The fraction of sp³-hybridized carbons (Fsp3) is 0.684. The number of phosphoric acid groups is 1. The van der Waals surface area contributed by atoms with E-state index in [0.717, 1.165) is 0 Å². The molecule has 2 aromatic rings. The molecule has 0 amide bonds. The maximum atomic E-state index is 15.4.